The number of hydrogen-bond donors (Lipinski definition) is 1. The summed E-state index contributed by atoms with van der Waals surface area (Å²) in [6.45, 7) is 1.01. The molecule has 0 aliphatic heterocycles. The van der Waals surface area contributed by atoms with Gasteiger partial charge in [-0.15, -0.1) is 22.7 Å². The molecule has 2 heterocycles. The van der Waals surface area contributed by atoms with Crippen LogP contribution in [-0.2, 0) is 28.9 Å². The Morgan fingerprint density at radius 2 is 2.08 bits per heavy atom. The van der Waals surface area contributed by atoms with Gasteiger partial charge in [-0.2, -0.15) is 0 Å². The molecule has 7 heteroatoms. The number of amides is 1. The lowest BCUT2D eigenvalue weighted by Crippen LogP contribution is -2.29. The van der Waals surface area contributed by atoms with Crippen molar-refractivity contribution in [3.8, 4) is 0 Å². The number of likely N-dealkylation sites (N-methyl/N-ethyl adjacent to an activating group) is 1. The molecule has 0 atom stereocenters. The van der Waals surface area contributed by atoms with E-state index >= 15 is 0 Å². The van der Waals surface area contributed by atoms with E-state index in [1.807, 2.05) is 23.4 Å². The number of esters is 1. The third-order valence-electron chi connectivity index (χ3n) is 4.48. The largest absolute Gasteiger partial charge is 0.465 e. The normalized spacial score (nSPS) is 14.0. The van der Waals surface area contributed by atoms with E-state index in [0.29, 0.717) is 10.6 Å². The van der Waals surface area contributed by atoms with Crippen molar-refractivity contribution in [1.82, 2.24) is 4.90 Å². The summed E-state index contributed by atoms with van der Waals surface area (Å²) < 4.78 is 4.98. The zero-order valence-electron chi connectivity index (χ0n) is 15.2. The van der Waals surface area contributed by atoms with E-state index in [4.69, 9.17) is 4.74 Å². The van der Waals surface area contributed by atoms with Gasteiger partial charge in [0, 0.05) is 16.3 Å². The quantitative estimate of drug-likeness (QED) is 0.598. The number of nitrogens with zero attached hydrogens (tertiary/aromatic N) is 1. The molecule has 0 spiro atoms. The monoisotopic (exact) mass is 392 g/mol. The van der Waals surface area contributed by atoms with E-state index in [9.17, 15) is 9.59 Å². The van der Waals surface area contributed by atoms with Crippen molar-refractivity contribution in [3.63, 3.8) is 0 Å². The third-order valence-corrected chi connectivity index (χ3v) is 6.55. The summed E-state index contributed by atoms with van der Waals surface area (Å²) in [4.78, 5) is 29.2. The Bertz CT molecular complexity index is 768. The van der Waals surface area contributed by atoms with Gasteiger partial charge < -0.3 is 10.1 Å². The van der Waals surface area contributed by atoms with Gasteiger partial charge in [-0.1, -0.05) is 12.5 Å². The van der Waals surface area contributed by atoms with E-state index in [1.165, 1.54) is 34.6 Å². The standard InChI is InChI=1S/C19H24N2O3S2/c1-21(11-13-7-6-10-25-13)12-16(22)20-18-17(19(23)24-2)14-8-4-3-5-9-15(14)26-18/h6-7,10H,3-5,8-9,11-12H2,1-2H3,(H,20,22). The van der Waals surface area contributed by atoms with Crippen molar-refractivity contribution in [2.45, 2.75) is 38.6 Å². The second kappa shape index (κ2) is 8.79. The minimum Gasteiger partial charge on any atom is -0.465 e. The molecule has 3 rings (SSSR count). The number of hydrogen-bond acceptors (Lipinski definition) is 6. The number of ether oxygens (including phenoxy) is 1. The first kappa shape index (κ1) is 19.1. The molecule has 0 bridgehead atoms. The second-order valence-electron chi connectivity index (χ2n) is 6.56. The molecule has 1 aliphatic carbocycles. The van der Waals surface area contributed by atoms with Crippen molar-refractivity contribution in [3.05, 3.63) is 38.4 Å². The number of thiophene rings is 2. The van der Waals surface area contributed by atoms with Gasteiger partial charge in [0.1, 0.15) is 5.00 Å². The number of anilines is 1. The summed E-state index contributed by atoms with van der Waals surface area (Å²) in [5.74, 6) is -0.461. The van der Waals surface area contributed by atoms with E-state index in [0.717, 1.165) is 37.8 Å². The van der Waals surface area contributed by atoms with Gasteiger partial charge >= 0.3 is 5.97 Å². The van der Waals surface area contributed by atoms with Crippen LogP contribution in [0.5, 0.6) is 0 Å². The Hall–Kier alpha value is -1.70. The maximum atomic E-state index is 12.5. The molecule has 1 aliphatic rings. The van der Waals surface area contributed by atoms with Crippen LogP contribution in [0.25, 0.3) is 0 Å². The van der Waals surface area contributed by atoms with E-state index in [-0.39, 0.29) is 18.4 Å². The molecule has 0 aromatic carbocycles. The van der Waals surface area contributed by atoms with Gasteiger partial charge in [-0.3, -0.25) is 9.69 Å². The summed E-state index contributed by atoms with van der Waals surface area (Å²) in [6.07, 6.45) is 5.23. The minimum absolute atomic E-state index is 0.106. The van der Waals surface area contributed by atoms with E-state index in [2.05, 4.69) is 11.4 Å². The van der Waals surface area contributed by atoms with Crippen molar-refractivity contribution >= 4 is 39.6 Å². The molecule has 1 N–H and O–H groups in total. The first-order valence-electron chi connectivity index (χ1n) is 8.82. The molecule has 140 valence electrons. The number of aryl methyl sites for hydroxylation is 1. The van der Waals surface area contributed by atoms with Crippen LogP contribution in [0, 0.1) is 0 Å². The van der Waals surface area contributed by atoms with Crippen LogP contribution in [0.1, 0.15) is 44.9 Å². The lowest BCUT2D eigenvalue weighted by Gasteiger charge is -2.15. The molecule has 0 saturated heterocycles. The predicted octanol–water partition coefficient (Wildman–Crippen LogP) is 3.94. The molecule has 0 radical (unpaired) electrons. The van der Waals surface area contributed by atoms with Gasteiger partial charge in [0.25, 0.3) is 0 Å². The summed E-state index contributed by atoms with van der Waals surface area (Å²) >= 11 is 3.21. The maximum absolute atomic E-state index is 12.5. The molecule has 26 heavy (non-hydrogen) atoms. The molecule has 0 unspecified atom stereocenters. The Balaban J connectivity index is 1.72. The Labute approximate surface area is 162 Å². The average Bonchev–Trinajstić information content (AvgIpc) is 3.16. The zero-order valence-corrected chi connectivity index (χ0v) is 16.8. The zero-order chi connectivity index (χ0) is 18.5. The van der Waals surface area contributed by atoms with Gasteiger partial charge in [-0.05, 0) is 49.7 Å². The average molecular weight is 393 g/mol. The molecule has 0 fully saturated rings. The van der Waals surface area contributed by atoms with Gasteiger partial charge in [0.2, 0.25) is 5.91 Å². The van der Waals surface area contributed by atoms with Crippen LogP contribution < -0.4 is 5.32 Å². The van der Waals surface area contributed by atoms with Crippen LogP contribution in [0.15, 0.2) is 17.5 Å². The van der Waals surface area contributed by atoms with Crippen LogP contribution in [0.3, 0.4) is 0 Å². The van der Waals surface area contributed by atoms with Crippen molar-refractivity contribution in [2.24, 2.45) is 0 Å². The number of carbonyl (C=O) groups is 2. The number of methoxy groups -OCH3 is 1. The number of nitrogens with one attached hydrogen (secondary N) is 1. The van der Waals surface area contributed by atoms with Crippen LogP contribution in [0.2, 0.25) is 0 Å². The Morgan fingerprint density at radius 1 is 1.27 bits per heavy atom. The number of rotatable bonds is 6. The van der Waals surface area contributed by atoms with Crippen molar-refractivity contribution in [1.29, 1.82) is 0 Å². The lowest BCUT2D eigenvalue weighted by atomic mass is 10.1. The van der Waals surface area contributed by atoms with Crippen LogP contribution in [0.4, 0.5) is 5.00 Å². The fourth-order valence-electron chi connectivity index (χ4n) is 3.28. The first-order valence-corrected chi connectivity index (χ1v) is 10.5. The second-order valence-corrected chi connectivity index (χ2v) is 8.70. The van der Waals surface area contributed by atoms with Crippen molar-refractivity contribution in [2.75, 3.05) is 26.0 Å². The molecule has 1 amide bonds. The molecular formula is C19H24N2O3S2. The van der Waals surface area contributed by atoms with E-state index < -0.39 is 0 Å². The third kappa shape index (κ3) is 4.52. The first-order chi connectivity index (χ1) is 12.6. The highest BCUT2D eigenvalue weighted by atomic mass is 32.1. The van der Waals surface area contributed by atoms with Crippen LogP contribution in [-0.4, -0.2) is 37.5 Å². The smallest absolute Gasteiger partial charge is 0.341 e. The predicted molar refractivity (Wildman–Crippen MR) is 106 cm³/mol. The fourth-order valence-corrected chi connectivity index (χ4v) is 5.36. The molecule has 0 saturated carbocycles. The molecule has 2 aromatic heterocycles. The Kier molecular flexibility index (Phi) is 6.45. The summed E-state index contributed by atoms with van der Waals surface area (Å²) in [7, 11) is 3.31. The number of carbonyl (C=O) groups excluding carboxylic acids is 2. The SMILES string of the molecule is COC(=O)c1c(NC(=O)CN(C)Cc2cccs2)sc2c1CCCCC2. The van der Waals surface area contributed by atoms with Gasteiger partial charge in [0.05, 0.1) is 19.2 Å². The summed E-state index contributed by atoms with van der Waals surface area (Å²) in [6, 6.07) is 4.07. The molecule has 2 aromatic rings. The molecule has 5 nitrogen and oxygen atoms in total. The van der Waals surface area contributed by atoms with Crippen molar-refractivity contribution < 1.29 is 14.3 Å². The highest BCUT2D eigenvalue weighted by Gasteiger charge is 2.26. The van der Waals surface area contributed by atoms with E-state index in [1.54, 1.807) is 11.3 Å². The van der Waals surface area contributed by atoms with Crippen LogP contribution >= 0.6 is 22.7 Å². The highest BCUT2D eigenvalue weighted by molar-refractivity contribution is 7.17. The maximum Gasteiger partial charge on any atom is 0.341 e. The minimum atomic E-state index is -0.355. The lowest BCUT2D eigenvalue weighted by molar-refractivity contribution is -0.117. The summed E-state index contributed by atoms with van der Waals surface area (Å²) in [5.41, 5.74) is 1.63. The fraction of sp³-hybridized carbons (Fsp3) is 0.474. The van der Waals surface area contributed by atoms with Gasteiger partial charge in [0.15, 0.2) is 0 Å². The molecular weight excluding hydrogens is 368 g/mol. The van der Waals surface area contributed by atoms with Gasteiger partial charge in [-0.25, -0.2) is 4.79 Å². The number of fused-ring (bicyclic) bond motifs is 1. The summed E-state index contributed by atoms with van der Waals surface area (Å²) in [5, 5.41) is 5.62. The highest BCUT2D eigenvalue weighted by Crippen LogP contribution is 2.37. The topological polar surface area (TPSA) is 58.6 Å². The Morgan fingerprint density at radius 3 is 2.81 bits per heavy atom.